The van der Waals surface area contributed by atoms with E-state index in [2.05, 4.69) is 39.5 Å². The fourth-order valence-corrected chi connectivity index (χ4v) is 7.80. The van der Waals surface area contributed by atoms with Crippen LogP contribution in [-0.2, 0) is 17.5 Å². The molecule has 0 aliphatic heterocycles. The molecule has 0 saturated heterocycles. The van der Waals surface area contributed by atoms with Crippen LogP contribution in [0.3, 0.4) is 0 Å². The summed E-state index contributed by atoms with van der Waals surface area (Å²) in [5, 5.41) is 0.883. The first-order chi connectivity index (χ1) is 15.4. The maximum atomic E-state index is 13.0. The summed E-state index contributed by atoms with van der Waals surface area (Å²) in [6, 6.07) is 0. The Kier molecular flexibility index (Phi) is 22.4. The Balaban J connectivity index is 3.74. The first-order valence-electron chi connectivity index (χ1n) is 13.6. The van der Waals surface area contributed by atoms with Gasteiger partial charge in [0.1, 0.15) is 0 Å². The van der Waals surface area contributed by atoms with E-state index in [1.54, 1.807) is 11.8 Å². The van der Waals surface area contributed by atoms with E-state index in [-0.39, 0.29) is 4.35 Å². The summed E-state index contributed by atoms with van der Waals surface area (Å²) >= 11 is 6.16. The van der Waals surface area contributed by atoms with E-state index in [1.807, 2.05) is 0 Å². The van der Waals surface area contributed by atoms with Crippen molar-refractivity contribution in [1.29, 1.82) is 0 Å². The van der Waals surface area contributed by atoms with Crippen molar-refractivity contribution in [2.24, 2.45) is 0 Å². The molecule has 0 fully saturated rings. The van der Waals surface area contributed by atoms with E-state index in [9.17, 15) is 3.87 Å². The molecule has 2 nitrogen and oxygen atoms in total. The summed E-state index contributed by atoms with van der Waals surface area (Å²) in [6.07, 6.45) is 21.6. The van der Waals surface area contributed by atoms with Gasteiger partial charge in [-0.1, -0.05) is 32.6 Å². The third-order valence-corrected chi connectivity index (χ3v) is 11.5. The van der Waals surface area contributed by atoms with Crippen LogP contribution in [0.25, 0.3) is 0 Å². The average molecular weight is 533 g/mol. The van der Waals surface area contributed by atoms with Crippen LogP contribution in [-0.4, -0.2) is 28.1 Å². The molecule has 0 aromatic heterocycles. The minimum atomic E-state index is -1.15. The van der Waals surface area contributed by atoms with Crippen molar-refractivity contribution in [3.05, 3.63) is 0 Å². The third kappa shape index (κ3) is 16.2. The van der Waals surface area contributed by atoms with Gasteiger partial charge < -0.3 is 0 Å². The zero-order valence-corrected chi connectivity index (χ0v) is 24.8. The molecule has 0 aromatic carbocycles. The van der Waals surface area contributed by atoms with Crippen molar-refractivity contribution in [3.8, 4) is 0 Å². The van der Waals surface area contributed by atoms with Gasteiger partial charge in [0.2, 0.25) is 0 Å². The Morgan fingerprint density at radius 2 is 1.16 bits per heavy atom. The first-order valence-corrected chi connectivity index (χ1v) is 16.7. The van der Waals surface area contributed by atoms with Gasteiger partial charge in [-0.2, -0.15) is 0 Å². The minimum absolute atomic E-state index is 0.0924. The summed E-state index contributed by atoms with van der Waals surface area (Å²) in [5.74, 6) is 0.881. The topological polar surface area (TPSA) is 20.3 Å². The van der Waals surface area contributed by atoms with Crippen LogP contribution in [0.15, 0.2) is 0 Å². The summed E-state index contributed by atoms with van der Waals surface area (Å²) in [4.78, 5) is 2.22. The van der Waals surface area contributed by atoms with Gasteiger partial charge in [0, 0.05) is 0 Å². The van der Waals surface area contributed by atoms with Gasteiger partial charge in [-0.25, -0.2) is 0 Å². The van der Waals surface area contributed by atoms with E-state index >= 15 is 0 Å². The summed E-state index contributed by atoms with van der Waals surface area (Å²) < 4.78 is 13.9. The molecule has 0 aromatic rings. The molecule has 0 aliphatic carbocycles. The number of hydrogen-bond acceptors (Lipinski definition) is 3. The molecular weight excluding hydrogens is 477 g/mol. The van der Waals surface area contributed by atoms with Gasteiger partial charge in [-0.3, -0.25) is 0 Å². The standard InChI is InChI=1S/C17H35.C10H20NS2.Co.O/c1-3-5-7-9-11-13-15-17-16-14-12-10-8-6-4-2;1-5-9(4)8-13-10(12)11(6-2)7-3;;/h1,3-17H2,2H3;5-8H2,1-4H3;;. The molecule has 0 bridgehead atoms. The van der Waals surface area contributed by atoms with Crippen molar-refractivity contribution in [2.45, 2.75) is 147 Å². The van der Waals surface area contributed by atoms with Crippen molar-refractivity contribution in [2.75, 3.05) is 18.8 Å². The number of rotatable bonds is 22. The average Bonchev–Trinajstić information content (AvgIpc) is 2.80. The van der Waals surface area contributed by atoms with E-state index in [1.165, 1.54) is 89.9 Å². The Morgan fingerprint density at radius 3 is 1.53 bits per heavy atom. The second kappa shape index (κ2) is 22.0. The SMILES string of the molecule is CCCCCCCCCCCCCCCC[CH2][Co](=[O])[C](C)(CC)CSC(=S)N(CC)CC. The van der Waals surface area contributed by atoms with Crippen molar-refractivity contribution in [1.82, 2.24) is 4.90 Å². The van der Waals surface area contributed by atoms with Gasteiger partial charge in [-0.05, 0) is 0 Å². The fraction of sp³-hybridized carbons (Fsp3) is 0.963. The molecule has 0 rings (SSSR count). The van der Waals surface area contributed by atoms with Gasteiger partial charge in [-0.15, -0.1) is 0 Å². The molecule has 0 spiro atoms. The molecule has 5 heteroatoms. The van der Waals surface area contributed by atoms with Crippen LogP contribution in [0, 0.1) is 0 Å². The normalized spacial score (nSPS) is 13.7. The molecule has 0 aliphatic rings. The number of thioether (sulfide) groups is 1. The van der Waals surface area contributed by atoms with Crippen molar-refractivity contribution < 1.29 is 17.5 Å². The van der Waals surface area contributed by atoms with Crippen LogP contribution >= 0.6 is 24.0 Å². The molecule has 0 amide bonds. The molecule has 32 heavy (non-hydrogen) atoms. The van der Waals surface area contributed by atoms with Crippen LogP contribution in [0.5, 0.6) is 0 Å². The molecule has 0 N–H and O–H groups in total. The number of unbranched alkanes of at least 4 members (excludes halogenated alkanes) is 14. The van der Waals surface area contributed by atoms with Gasteiger partial charge in [0.25, 0.3) is 0 Å². The Morgan fingerprint density at radius 1 is 0.750 bits per heavy atom. The number of thiocarbonyl (C=S) groups is 1. The van der Waals surface area contributed by atoms with Crippen molar-refractivity contribution >= 4 is 28.3 Å². The Bertz CT molecular complexity index is 471. The van der Waals surface area contributed by atoms with E-state index in [0.29, 0.717) is 0 Å². The Hall–Kier alpha value is 0.546. The zero-order valence-electron chi connectivity index (χ0n) is 22.1. The molecule has 0 saturated carbocycles. The van der Waals surface area contributed by atoms with Crippen LogP contribution in [0.2, 0.25) is 9.70 Å². The van der Waals surface area contributed by atoms with Gasteiger partial charge >= 0.3 is 184 Å². The first kappa shape index (κ1) is 32.5. The number of nitrogens with zero attached hydrogens (tertiary/aromatic N) is 1. The summed E-state index contributed by atoms with van der Waals surface area (Å²) in [5.41, 5.74) is 0. The van der Waals surface area contributed by atoms with E-state index in [4.69, 9.17) is 12.2 Å². The quantitative estimate of drug-likeness (QED) is 0.102. The van der Waals surface area contributed by atoms with Crippen LogP contribution in [0.4, 0.5) is 0 Å². The predicted octanol–water partition coefficient (Wildman–Crippen LogP) is 10.2. The zero-order chi connectivity index (χ0) is 24.1. The van der Waals surface area contributed by atoms with Gasteiger partial charge in [0.15, 0.2) is 0 Å². The number of hydrogen-bond donors (Lipinski definition) is 0. The monoisotopic (exact) mass is 532 g/mol. The summed E-state index contributed by atoms with van der Waals surface area (Å²) in [7, 11) is 0. The van der Waals surface area contributed by atoms with Crippen molar-refractivity contribution in [3.63, 3.8) is 0 Å². The molecule has 195 valence electrons. The second-order valence-corrected chi connectivity index (χ2v) is 13.6. The van der Waals surface area contributed by atoms with E-state index in [0.717, 1.165) is 41.4 Å². The molecular formula is C27H55CoNOS2. The molecule has 0 heterocycles. The molecule has 1 unspecified atom stereocenters. The fourth-order valence-electron chi connectivity index (χ4n) is 3.83. The van der Waals surface area contributed by atoms with Gasteiger partial charge in [0.05, 0.1) is 0 Å². The van der Waals surface area contributed by atoms with Crippen LogP contribution in [0.1, 0.15) is 137 Å². The second-order valence-electron chi connectivity index (χ2n) is 9.34. The summed E-state index contributed by atoms with van der Waals surface area (Å²) in [6.45, 7) is 12.9. The molecule has 0 radical (unpaired) electrons. The third-order valence-electron chi connectivity index (χ3n) is 6.55. The van der Waals surface area contributed by atoms with E-state index < -0.39 is 13.6 Å². The van der Waals surface area contributed by atoms with Crippen LogP contribution < -0.4 is 0 Å². The molecule has 1 atom stereocenters. The Labute approximate surface area is 215 Å². The predicted molar refractivity (Wildman–Crippen MR) is 147 cm³/mol. The maximum absolute atomic E-state index is 13.0.